The highest BCUT2D eigenvalue weighted by Crippen LogP contribution is 2.21. The number of hydrogen-bond acceptors (Lipinski definition) is 3. The van der Waals surface area contributed by atoms with Crippen molar-refractivity contribution in [3.05, 3.63) is 40.1 Å². The van der Waals surface area contributed by atoms with Crippen LogP contribution >= 0.6 is 15.9 Å². The van der Waals surface area contributed by atoms with Crippen molar-refractivity contribution < 1.29 is 0 Å². The molecule has 0 atom stereocenters. The Morgan fingerprint density at radius 3 is 2.59 bits per heavy atom. The zero-order chi connectivity index (χ0) is 12.6. The van der Waals surface area contributed by atoms with Gasteiger partial charge in [0.2, 0.25) is 0 Å². The molecule has 0 fully saturated rings. The van der Waals surface area contributed by atoms with E-state index in [1.807, 2.05) is 45.2 Å². The lowest BCUT2D eigenvalue weighted by Crippen LogP contribution is -2.29. The number of rotatable bonds is 2. The van der Waals surface area contributed by atoms with Crippen molar-refractivity contribution >= 4 is 15.9 Å². The quantitative estimate of drug-likeness (QED) is 0.926. The van der Waals surface area contributed by atoms with Crippen molar-refractivity contribution in [1.29, 1.82) is 0 Å². The molecular formula is C12H15BrN4. The molecule has 0 unspecified atom stereocenters. The predicted octanol–water partition coefficient (Wildman–Crippen LogP) is 2.53. The Labute approximate surface area is 109 Å². The van der Waals surface area contributed by atoms with Crippen molar-refractivity contribution in [2.75, 3.05) is 0 Å². The van der Waals surface area contributed by atoms with Gasteiger partial charge in [-0.3, -0.25) is 0 Å². The summed E-state index contributed by atoms with van der Waals surface area (Å²) in [5.74, 6) is 0. The normalized spacial score (nSPS) is 11.8. The Bertz CT molecular complexity index is 540. The molecule has 0 bridgehead atoms. The van der Waals surface area contributed by atoms with Crippen LogP contribution in [0.15, 0.2) is 28.9 Å². The second-order valence-electron chi connectivity index (χ2n) is 4.70. The first-order chi connectivity index (χ1) is 7.88. The Kier molecular flexibility index (Phi) is 3.05. The zero-order valence-electron chi connectivity index (χ0n) is 10.1. The Morgan fingerprint density at radius 1 is 1.35 bits per heavy atom. The minimum absolute atomic E-state index is 0.472. The number of aromatic nitrogens is 3. The summed E-state index contributed by atoms with van der Waals surface area (Å²) < 4.78 is 2.78. The molecule has 0 aliphatic rings. The van der Waals surface area contributed by atoms with E-state index in [1.54, 1.807) is 4.68 Å². The molecule has 0 aliphatic heterocycles. The predicted molar refractivity (Wildman–Crippen MR) is 71.0 cm³/mol. The van der Waals surface area contributed by atoms with Crippen LogP contribution in [0.5, 0.6) is 0 Å². The van der Waals surface area contributed by atoms with E-state index in [0.29, 0.717) is 0 Å². The summed E-state index contributed by atoms with van der Waals surface area (Å²) in [6, 6.07) is 6.05. The fourth-order valence-electron chi connectivity index (χ4n) is 1.41. The summed E-state index contributed by atoms with van der Waals surface area (Å²) in [5, 5.41) is 8.18. The number of nitrogens with two attached hydrogens (primary N) is 1. The van der Waals surface area contributed by atoms with Gasteiger partial charge in [0, 0.05) is 4.47 Å². The SMILES string of the molecule is Cc1ccc(-n2cc(C(C)(C)N)nn2)cc1Br. The van der Waals surface area contributed by atoms with Crippen LogP contribution in [0, 0.1) is 6.92 Å². The van der Waals surface area contributed by atoms with E-state index in [2.05, 4.69) is 26.2 Å². The van der Waals surface area contributed by atoms with Crippen LogP contribution in [0.1, 0.15) is 25.1 Å². The highest BCUT2D eigenvalue weighted by Gasteiger charge is 2.18. The van der Waals surface area contributed by atoms with E-state index >= 15 is 0 Å². The highest BCUT2D eigenvalue weighted by molar-refractivity contribution is 9.10. The molecule has 1 heterocycles. The maximum atomic E-state index is 5.98. The van der Waals surface area contributed by atoms with Crippen LogP contribution in [0.4, 0.5) is 0 Å². The third-order valence-electron chi connectivity index (χ3n) is 2.57. The van der Waals surface area contributed by atoms with E-state index in [0.717, 1.165) is 15.9 Å². The largest absolute Gasteiger partial charge is 0.320 e. The second kappa shape index (κ2) is 4.23. The Hall–Kier alpha value is -1.20. The lowest BCUT2D eigenvalue weighted by Gasteiger charge is -2.13. The van der Waals surface area contributed by atoms with Gasteiger partial charge in [0.05, 0.1) is 17.4 Å². The van der Waals surface area contributed by atoms with Gasteiger partial charge in [-0.2, -0.15) is 0 Å². The topological polar surface area (TPSA) is 56.7 Å². The molecule has 0 aliphatic carbocycles. The molecule has 4 nitrogen and oxygen atoms in total. The van der Waals surface area contributed by atoms with Crippen LogP contribution in [0.25, 0.3) is 5.69 Å². The minimum atomic E-state index is -0.472. The van der Waals surface area contributed by atoms with Crippen molar-refractivity contribution in [2.45, 2.75) is 26.3 Å². The zero-order valence-corrected chi connectivity index (χ0v) is 11.7. The summed E-state index contributed by atoms with van der Waals surface area (Å²) in [5.41, 5.74) is 8.43. The van der Waals surface area contributed by atoms with Crippen LogP contribution < -0.4 is 5.73 Å². The van der Waals surface area contributed by atoms with Crippen molar-refractivity contribution in [2.24, 2.45) is 5.73 Å². The first-order valence-corrected chi connectivity index (χ1v) is 6.15. The third kappa shape index (κ3) is 2.56. The molecule has 0 radical (unpaired) electrons. The van der Waals surface area contributed by atoms with Crippen molar-refractivity contribution in [1.82, 2.24) is 15.0 Å². The van der Waals surface area contributed by atoms with Gasteiger partial charge in [0.15, 0.2) is 0 Å². The van der Waals surface area contributed by atoms with Gasteiger partial charge in [-0.05, 0) is 38.5 Å². The number of benzene rings is 1. The molecule has 0 spiro atoms. The summed E-state index contributed by atoms with van der Waals surface area (Å²) in [6.07, 6.45) is 1.86. The van der Waals surface area contributed by atoms with Crippen LogP contribution in [0.2, 0.25) is 0 Å². The fraction of sp³-hybridized carbons (Fsp3) is 0.333. The van der Waals surface area contributed by atoms with Gasteiger partial charge in [-0.25, -0.2) is 4.68 Å². The van der Waals surface area contributed by atoms with Crippen molar-refractivity contribution in [3.8, 4) is 5.69 Å². The maximum absolute atomic E-state index is 5.98. The molecule has 1 aromatic heterocycles. The fourth-order valence-corrected chi connectivity index (χ4v) is 1.78. The molecule has 2 aromatic rings. The van der Waals surface area contributed by atoms with E-state index < -0.39 is 5.54 Å². The second-order valence-corrected chi connectivity index (χ2v) is 5.56. The van der Waals surface area contributed by atoms with Gasteiger partial charge in [-0.15, -0.1) is 5.10 Å². The Morgan fingerprint density at radius 2 is 2.06 bits per heavy atom. The monoisotopic (exact) mass is 294 g/mol. The molecule has 5 heteroatoms. The summed E-state index contributed by atoms with van der Waals surface area (Å²) in [4.78, 5) is 0. The summed E-state index contributed by atoms with van der Waals surface area (Å²) >= 11 is 3.50. The van der Waals surface area contributed by atoms with Crippen molar-refractivity contribution in [3.63, 3.8) is 0 Å². The van der Waals surface area contributed by atoms with Gasteiger partial charge < -0.3 is 5.73 Å². The van der Waals surface area contributed by atoms with E-state index in [4.69, 9.17) is 5.73 Å². The average molecular weight is 295 g/mol. The van der Waals surface area contributed by atoms with Crippen LogP contribution in [0.3, 0.4) is 0 Å². The lowest BCUT2D eigenvalue weighted by molar-refractivity contribution is 0.533. The van der Waals surface area contributed by atoms with E-state index in [-0.39, 0.29) is 0 Å². The third-order valence-corrected chi connectivity index (χ3v) is 3.43. The first-order valence-electron chi connectivity index (χ1n) is 5.36. The number of aryl methyl sites for hydroxylation is 1. The molecule has 17 heavy (non-hydrogen) atoms. The molecular weight excluding hydrogens is 280 g/mol. The van der Waals surface area contributed by atoms with E-state index in [1.165, 1.54) is 5.56 Å². The summed E-state index contributed by atoms with van der Waals surface area (Å²) in [6.45, 7) is 5.86. The van der Waals surface area contributed by atoms with Crippen LogP contribution in [-0.4, -0.2) is 15.0 Å². The molecule has 0 saturated carbocycles. The average Bonchev–Trinajstić information content (AvgIpc) is 2.70. The lowest BCUT2D eigenvalue weighted by atomic mass is 10.0. The van der Waals surface area contributed by atoms with Gasteiger partial charge in [0.1, 0.15) is 5.69 Å². The van der Waals surface area contributed by atoms with Gasteiger partial charge in [-0.1, -0.05) is 27.2 Å². The molecule has 2 rings (SSSR count). The summed E-state index contributed by atoms with van der Waals surface area (Å²) in [7, 11) is 0. The number of hydrogen-bond donors (Lipinski definition) is 1. The molecule has 1 aromatic carbocycles. The number of halogens is 1. The first kappa shape index (κ1) is 12.3. The maximum Gasteiger partial charge on any atom is 0.102 e. The smallest absolute Gasteiger partial charge is 0.102 e. The van der Waals surface area contributed by atoms with Gasteiger partial charge in [0.25, 0.3) is 0 Å². The number of nitrogens with zero attached hydrogens (tertiary/aromatic N) is 3. The minimum Gasteiger partial charge on any atom is -0.320 e. The molecule has 2 N–H and O–H groups in total. The highest BCUT2D eigenvalue weighted by atomic mass is 79.9. The van der Waals surface area contributed by atoms with E-state index in [9.17, 15) is 0 Å². The Balaban J connectivity index is 2.40. The van der Waals surface area contributed by atoms with Crippen LogP contribution in [-0.2, 0) is 5.54 Å². The standard InChI is InChI=1S/C12H15BrN4/c1-8-4-5-9(6-10(8)13)17-7-11(15-16-17)12(2,3)14/h4-7H,14H2,1-3H3. The molecule has 0 amide bonds. The molecule has 90 valence electrons. The van der Waals surface area contributed by atoms with Gasteiger partial charge >= 0.3 is 0 Å². The molecule has 0 saturated heterocycles.